The third kappa shape index (κ3) is 14.6. The van der Waals surface area contributed by atoms with Crippen molar-refractivity contribution in [3.8, 4) is 0 Å². The highest BCUT2D eigenvalue weighted by atomic mass is 32.2. The normalized spacial score (nSPS) is 12.6. The van der Waals surface area contributed by atoms with E-state index in [0.717, 1.165) is 38.5 Å². The highest BCUT2D eigenvalue weighted by Gasteiger charge is 2.31. The third-order valence-corrected chi connectivity index (χ3v) is 4.78. The molecule has 0 unspecified atom stereocenters. The molecule has 0 aliphatic carbocycles. The highest BCUT2D eigenvalue weighted by molar-refractivity contribution is 7.85. The van der Waals surface area contributed by atoms with Crippen molar-refractivity contribution in [2.24, 2.45) is 0 Å². The van der Waals surface area contributed by atoms with Crippen LogP contribution in [0, 0.1) is 0 Å². The molecular formula is C18H38O6S. The van der Waals surface area contributed by atoms with Gasteiger partial charge in [-0.25, -0.2) is 0 Å². The first-order valence-corrected chi connectivity index (χ1v) is 11.4. The molecule has 1 N–H and O–H groups in total. The van der Waals surface area contributed by atoms with Crippen molar-refractivity contribution >= 4 is 10.1 Å². The van der Waals surface area contributed by atoms with Crippen LogP contribution in [0.15, 0.2) is 0 Å². The number of hydrogen-bond acceptors (Lipinski definition) is 5. The molecule has 6 nitrogen and oxygen atoms in total. The zero-order valence-electron chi connectivity index (χ0n) is 16.3. The van der Waals surface area contributed by atoms with E-state index in [1.165, 1.54) is 19.3 Å². The molecule has 0 bridgehead atoms. The Labute approximate surface area is 154 Å². The lowest BCUT2D eigenvalue weighted by molar-refractivity contribution is -0.380. The minimum absolute atomic E-state index is 0.117. The Bertz CT molecular complexity index is 379. The number of ether oxygens (including phenoxy) is 3. The molecule has 0 rings (SSSR count). The van der Waals surface area contributed by atoms with Crippen molar-refractivity contribution in [2.75, 3.05) is 25.6 Å². The molecule has 0 atom stereocenters. The van der Waals surface area contributed by atoms with Gasteiger partial charge < -0.3 is 14.2 Å². The highest BCUT2D eigenvalue weighted by Crippen LogP contribution is 2.24. The van der Waals surface area contributed by atoms with Gasteiger partial charge in [-0.3, -0.25) is 4.55 Å². The first kappa shape index (κ1) is 24.8. The lowest BCUT2D eigenvalue weighted by Gasteiger charge is -2.32. The van der Waals surface area contributed by atoms with Crippen LogP contribution in [0.1, 0.15) is 85.0 Å². The van der Waals surface area contributed by atoms with E-state index < -0.39 is 16.1 Å². The van der Waals surface area contributed by atoms with Gasteiger partial charge in [0.05, 0.1) is 5.75 Å². The maximum Gasteiger partial charge on any atom is 0.282 e. The SMILES string of the molecule is CCOC(CCCCCCCCCCCS(=O)(=O)O)(OCC)OCC. The molecule has 0 aliphatic heterocycles. The molecular weight excluding hydrogens is 344 g/mol. The van der Waals surface area contributed by atoms with Gasteiger partial charge in [-0.1, -0.05) is 44.9 Å². The zero-order chi connectivity index (χ0) is 19.0. The molecule has 0 aliphatic rings. The van der Waals surface area contributed by atoms with Crippen LogP contribution in [0.25, 0.3) is 0 Å². The standard InChI is InChI=1S/C18H38O6S/c1-4-22-18(23-5-2,24-6-3)16-14-12-10-8-7-9-11-13-15-17-25(19,20)21/h4-17H2,1-3H3,(H,19,20,21). The molecule has 0 amide bonds. The number of unbranched alkanes of at least 4 members (excludes halogenated alkanes) is 8. The van der Waals surface area contributed by atoms with Crippen molar-refractivity contribution in [1.82, 2.24) is 0 Å². The molecule has 7 heteroatoms. The molecule has 0 heterocycles. The first-order chi connectivity index (χ1) is 11.9. The molecule has 0 saturated heterocycles. The van der Waals surface area contributed by atoms with E-state index in [2.05, 4.69) is 0 Å². The minimum atomic E-state index is -3.79. The predicted octanol–water partition coefficient (Wildman–Crippen LogP) is 4.54. The fourth-order valence-electron chi connectivity index (χ4n) is 2.86. The van der Waals surface area contributed by atoms with Crippen LogP contribution in [0.2, 0.25) is 0 Å². The first-order valence-electron chi connectivity index (χ1n) is 9.76. The molecule has 152 valence electrons. The van der Waals surface area contributed by atoms with Crippen molar-refractivity contribution in [2.45, 2.75) is 91.0 Å². The van der Waals surface area contributed by atoms with Gasteiger partial charge >= 0.3 is 0 Å². The summed E-state index contributed by atoms with van der Waals surface area (Å²) in [4.78, 5) is 0. The van der Waals surface area contributed by atoms with Crippen LogP contribution >= 0.6 is 0 Å². The Morgan fingerprint density at radius 2 is 1.04 bits per heavy atom. The van der Waals surface area contributed by atoms with E-state index in [1.807, 2.05) is 20.8 Å². The fraction of sp³-hybridized carbons (Fsp3) is 1.00. The summed E-state index contributed by atoms with van der Waals surface area (Å²) in [6.07, 6.45) is 9.95. The minimum Gasteiger partial charge on any atom is -0.328 e. The second-order valence-electron chi connectivity index (χ2n) is 6.20. The third-order valence-electron chi connectivity index (χ3n) is 3.98. The van der Waals surface area contributed by atoms with Crippen LogP contribution in [-0.2, 0) is 24.3 Å². The summed E-state index contributed by atoms with van der Waals surface area (Å²) in [6, 6.07) is 0. The predicted molar refractivity (Wildman–Crippen MR) is 100 cm³/mol. The Morgan fingerprint density at radius 3 is 1.40 bits per heavy atom. The van der Waals surface area contributed by atoms with Crippen LogP contribution in [-0.4, -0.2) is 44.5 Å². The van der Waals surface area contributed by atoms with Gasteiger partial charge in [-0.2, -0.15) is 8.42 Å². The summed E-state index contributed by atoms with van der Waals surface area (Å²) in [5.74, 6) is -1.00. The Kier molecular flexibility index (Phi) is 14.8. The molecule has 0 radical (unpaired) electrons. The van der Waals surface area contributed by atoms with E-state index >= 15 is 0 Å². The Balaban J connectivity index is 3.69. The lowest BCUT2D eigenvalue weighted by atomic mass is 10.1. The molecule has 0 aromatic rings. The second kappa shape index (κ2) is 14.9. The maximum absolute atomic E-state index is 10.6. The summed E-state index contributed by atoms with van der Waals surface area (Å²) in [6.45, 7) is 7.54. The molecule has 0 aromatic carbocycles. The Morgan fingerprint density at radius 1 is 0.680 bits per heavy atom. The summed E-state index contributed by atoms with van der Waals surface area (Å²) >= 11 is 0. The largest absolute Gasteiger partial charge is 0.328 e. The Hall–Kier alpha value is -0.210. The van der Waals surface area contributed by atoms with Gasteiger partial charge in [-0.05, 0) is 33.6 Å². The van der Waals surface area contributed by atoms with Gasteiger partial charge in [0.2, 0.25) is 0 Å². The van der Waals surface area contributed by atoms with Crippen LogP contribution in [0.5, 0.6) is 0 Å². The van der Waals surface area contributed by atoms with Gasteiger partial charge in [-0.15, -0.1) is 0 Å². The maximum atomic E-state index is 10.6. The van der Waals surface area contributed by atoms with Crippen molar-refractivity contribution in [3.63, 3.8) is 0 Å². The van der Waals surface area contributed by atoms with Crippen molar-refractivity contribution in [3.05, 3.63) is 0 Å². The van der Waals surface area contributed by atoms with Crippen LogP contribution in [0.3, 0.4) is 0 Å². The average molecular weight is 383 g/mol. The summed E-state index contributed by atoms with van der Waals surface area (Å²) < 4.78 is 47.0. The average Bonchev–Trinajstić information content (AvgIpc) is 2.52. The summed E-state index contributed by atoms with van der Waals surface area (Å²) in [5.41, 5.74) is 0. The fourth-order valence-corrected chi connectivity index (χ4v) is 3.43. The van der Waals surface area contributed by atoms with Gasteiger partial charge in [0.15, 0.2) is 0 Å². The van der Waals surface area contributed by atoms with Crippen molar-refractivity contribution < 1.29 is 27.2 Å². The van der Waals surface area contributed by atoms with E-state index in [0.29, 0.717) is 26.2 Å². The quantitative estimate of drug-likeness (QED) is 0.213. The molecule has 0 saturated carbocycles. The van der Waals surface area contributed by atoms with Gasteiger partial charge in [0.1, 0.15) is 0 Å². The van der Waals surface area contributed by atoms with E-state index in [1.54, 1.807) is 0 Å². The van der Waals surface area contributed by atoms with Gasteiger partial charge in [0.25, 0.3) is 16.1 Å². The van der Waals surface area contributed by atoms with E-state index in [-0.39, 0.29) is 5.75 Å². The number of rotatable bonds is 18. The monoisotopic (exact) mass is 382 g/mol. The summed E-state index contributed by atoms with van der Waals surface area (Å²) in [7, 11) is -3.79. The van der Waals surface area contributed by atoms with E-state index in [4.69, 9.17) is 18.8 Å². The topological polar surface area (TPSA) is 82.1 Å². The van der Waals surface area contributed by atoms with Crippen molar-refractivity contribution in [1.29, 1.82) is 0 Å². The zero-order valence-corrected chi connectivity index (χ0v) is 17.1. The number of hydrogen-bond donors (Lipinski definition) is 1. The molecule has 0 spiro atoms. The van der Waals surface area contributed by atoms with Gasteiger partial charge in [0, 0.05) is 26.2 Å². The lowest BCUT2D eigenvalue weighted by Crippen LogP contribution is -2.39. The summed E-state index contributed by atoms with van der Waals surface area (Å²) in [5, 5.41) is 0. The van der Waals surface area contributed by atoms with Crippen LogP contribution in [0.4, 0.5) is 0 Å². The smallest absolute Gasteiger partial charge is 0.282 e. The van der Waals surface area contributed by atoms with E-state index in [9.17, 15) is 8.42 Å². The second-order valence-corrected chi connectivity index (χ2v) is 7.77. The van der Waals surface area contributed by atoms with Crippen LogP contribution < -0.4 is 0 Å². The molecule has 0 aromatic heterocycles. The molecule has 25 heavy (non-hydrogen) atoms. The molecule has 0 fully saturated rings.